The van der Waals surface area contributed by atoms with E-state index >= 15 is 0 Å². The molecule has 3 aromatic rings. The number of ether oxygens (including phenoxy) is 4. The van der Waals surface area contributed by atoms with Crippen LogP contribution in [0.3, 0.4) is 0 Å². The summed E-state index contributed by atoms with van der Waals surface area (Å²) in [6.07, 6.45) is -0.00757. The van der Waals surface area contributed by atoms with E-state index in [1.165, 1.54) is 6.33 Å². The van der Waals surface area contributed by atoms with Crippen molar-refractivity contribution in [2.75, 3.05) is 12.3 Å². The van der Waals surface area contributed by atoms with Crippen molar-refractivity contribution < 1.29 is 24.1 Å². The van der Waals surface area contributed by atoms with Crippen LogP contribution >= 0.6 is 0 Å². The van der Waals surface area contributed by atoms with E-state index in [9.17, 15) is 10.4 Å². The number of nitrogens with two attached hydrogens (primary N) is 1. The molecule has 2 aromatic heterocycles. The number of nitrogens with zero attached hydrogens (tertiary/aromatic N) is 4. The van der Waals surface area contributed by atoms with Crippen molar-refractivity contribution >= 4 is 11.3 Å². The van der Waals surface area contributed by atoms with Gasteiger partial charge in [-0.2, -0.15) is 10.4 Å². The molecule has 10 nitrogen and oxygen atoms in total. The smallest absolute Gasteiger partial charge is 0.226 e. The predicted molar refractivity (Wildman–Crippen MR) is 123 cm³/mol. The number of benzene rings is 1. The monoisotopic (exact) mass is 477 g/mol. The summed E-state index contributed by atoms with van der Waals surface area (Å²) in [6.45, 7) is 3.62. The molecule has 4 heterocycles. The summed E-state index contributed by atoms with van der Waals surface area (Å²) in [4.78, 5) is 4.02. The Balaban J connectivity index is 1.30. The average Bonchev–Trinajstić information content (AvgIpc) is 3.33. The molecule has 182 valence electrons. The predicted octanol–water partition coefficient (Wildman–Crippen LogP) is 2.02. The third-order valence-corrected chi connectivity index (χ3v) is 7.29. The Morgan fingerprint density at radius 1 is 1.20 bits per heavy atom. The molecule has 10 heteroatoms. The van der Waals surface area contributed by atoms with Crippen LogP contribution in [0.1, 0.15) is 37.9 Å². The maximum atomic E-state index is 11.0. The third-order valence-electron chi connectivity index (χ3n) is 7.29. The summed E-state index contributed by atoms with van der Waals surface area (Å²) in [7, 11) is 0. The van der Waals surface area contributed by atoms with E-state index in [-0.39, 0.29) is 12.4 Å². The first-order chi connectivity index (χ1) is 16.8. The lowest BCUT2D eigenvalue weighted by Gasteiger charge is -2.29. The highest BCUT2D eigenvalue weighted by Crippen LogP contribution is 2.52. The van der Waals surface area contributed by atoms with Gasteiger partial charge in [-0.3, -0.25) is 0 Å². The van der Waals surface area contributed by atoms with Crippen molar-refractivity contribution in [2.24, 2.45) is 0 Å². The molecule has 3 N–H and O–H groups in total. The normalized spacial score (nSPS) is 31.2. The van der Waals surface area contributed by atoms with E-state index in [0.29, 0.717) is 11.2 Å². The van der Waals surface area contributed by atoms with Gasteiger partial charge in [0.15, 0.2) is 17.9 Å². The minimum Gasteiger partial charge on any atom is -0.382 e. The van der Waals surface area contributed by atoms with Gasteiger partial charge in [-0.05, 0) is 44.4 Å². The minimum absolute atomic E-state index is 0.0280. The van der Waals surface area contributed by atoms with Crippen molar-refractivity contribution in [3.05, 3.63) is 60.0 Å². The van der Waals surface area contributed by atoms with Gasteiger partial charge in [-0.15, -0.1) is 0 Å². The number of aromatic nitrogens is 3. The fourth-order valence-electron chi connectivity index (χ4n) is 5.39. The van der Waals surface area contributed by atoms with Gasteiger partial charge in [0.1, 0.15) is 36.2 Å². The van der Waals surface area contributed by atoms with Gasteiger partial charge in [-0.25, -0.2) is 9.50 Å². The van der Waals surface area contributed by atoms with Crippen LogP contribution < -0.4 is 5.73 Å². The van der Waals surface area contributed by atoms with Crippen molar-refractivity contribution in [3.63, 3.8) is 0 Å². The highest BCUT2D eigenvalue weighted by molar-refractivity contribution is 5.66. The number of aliphatic hydroxyl groups excluding tert-OH is 1. The van der Waals surface area contributed by atoms with Gasteiger partial charge in [0.25, 0.3) is 0 Å². The van der Waals surface area contributed by atoms with Crippen LogP contribution in [0.25, 0.3) is 5.52 Å². The highest BCUT2D eigenvalue weighted by atomic mass is 16.8. The minimum atomic E-state index is -1.53. The van der Waals surface area contributed by atoms with Crippen LogP contribution in [0.2, 0.25) is 0 Å². The van der Waals surface area contributed by atoms with Crippen molar-refractivity contribution in [3.8, 4) is 6.07 Å². The molecular formula is C25H27N5O5. The summed E-state index contributed by atoms with van der Waals surface area (Å²) < 4.78 is 26.3. The summed E-state index contributed by atoms with van der Waals surface area (Å²) >= 11 is 0. The second-order valence-electron chi connectivity index (χ2n) is 9.89. The Morgan fingerprint density at radius 3 is 2.69 bits per heavy atom. The number of rotatable bonds is 6. The second-order valence-corrected chi connectivity index (χ2v) is 9.89. The number of hydrogen-bond donors (Lipinski definition) is 2. The number of nitriles is 1. The van der Waals surface area contributed by atoms with Crippen LogP contribution in [0.4, 0.5) is 5.82 Å². The summed E-state index contributed by atoms with van der Waals surface area (Å²) in [6, 6.07) is 15.7. The van der Waals surface area contributed by atoms with Crippen LogP contribution in [0, 0.1) is 11.3 Å². The lowest BCUT2D eigenvalue weighted by molar-refractivity contribution is -0.217. The molecule has 0 bridgehead atoms. The molecule has 1 saturated carbocycles. The van der Waals surface area contributed by atoms with E-state index in [1.807, 2.05) is 30.3 Å². The van der Waals surface area contributed by atoms with Crippen LogP contribution in [0.5, 0.6) is 0 Å². The fourth-order valence-corrected chi connectivity index (χ4v) is 5.39. The average molecular weight is 478 g/mol. The fraction of sp³-hybridized carbons (Fsp3) is 0.480. The van der Waals surface area contributed by atoms with Crippen molar-refractivity contribution in [2.45, 2.75) is 68.1 Å². The molecule has 5 atom stereocenters. The molecule has 1 aromatic carbocycles. The molecule has 1 unspecified atom stereocenters. The number of fused-ring (bicyclic) bond motifs is 2. The van der Waals surface area contributed by atoms with E-state index in [1.54, 1.807) is 30.5 Å². The topological polar surface area (TPSA) is 137 Å². The number of anilines is 1. The van der Waals surface area contributed by atoms with Crippen LogP contribution in [0.15, 0.2) is 48.8 Å². The summed E-state index contributed by atoms with van der Waals surface area (Å²) in [5.41, 5.74) is 6.12. The Labute approximate surface area is 202 Å². The molecule has 3 aliphatic rings. The second kappa shape index (κ2) is 7.71. The van der Waals surface area contributed by atoms with Gasteiger partial charge >= 0.3 is 0 Å². The number of nitrogen functional groups attached to an aromatic ring is 1. The zero-order valence-corrected chi connectivity index (χ0v) is 19.5. The molecule has 0 spiro atoms. The number of hydrogen-bond acceptors (Lipinski definition) is 9. The van der Waals surface area contributed by atoms with Crippen LogP contribution in [-0.2, 0) is 30.0 Å². The van der Waals surface area contributed by atoms with E-state index in [2.05, 4.69) is 16.2 Å². The molecule has 0 radical (unpaired) electrons. The number of aliphatic hydroxyl groups is 1. The molecule has 0 amide bonds. The molecule has 1 aliphatic carbocycles. The molecule has 2 saturated heterocycles. The van der Waals surface area contributed by atoms with Gasteiger partial charge in [-0.1, -0.05) is 30.3 Å². The van der Waals surface area contributed by atoms with E-state index < -0.39 is 41.4 Å². The van der Waals surface area contributed by atoms with Crippen molar-refractivity contribution in [1.82, 2.24) is 14.6 Å². The zero-order chi connectivity index (χ0) is 24.4. The van der Waals surface area contributed by atoms with Crippen molar-refractivity contribution in [1.29, 1.82) is 5.26 Å². The maximum absolute atomic E-state index is 11.0. The van der Waals surface area contributed by atoms with Crippen LogP contribution in [-0.4, -0.2) is 56.7 Å². The first-order valence-electron chi connectivity index (χ1n) is 11.7. The highest BCUT2D eigenvalue weighted by Gasteiger charge is 2.65. The SMILES string of the molecule is CC1(C)O[C@H]2[C@@H](O1)[C@](C#N)(c1ccc3c(N)ncnn13)O[C@@H]2COC(O)C1(c2ccccc2)CC1. The zero-order valence-electron chi connectivity index (χ0n) is 19.5. The molecule has 35 heavy (non-hydrogen) atoms. The Hall–Kier alpha value is -3.07. The Bertz CT molecular complexity index is 1300. The van der Waals surface area contributed by atoms with Gasteiger partial charge in [0, 0.05) is 5.41 Å². The van der Waals surface area contributed by atoms with Gasteiger partial charge in [0.05, 0.1) is 12.3 Å². The quantitative estimate of drug-likeness (QED) is 0.511. The molecule has 6 rings (SSSR count). The Morgan fingerprint density at radius 2 is 1.97 bits per heavy atom. The van der Waals surface area contributed by atoms with E-state index in [0.717, 1.165) is 18.4 Å². The molecule has 3 fully saturated rings. The maximum Gasteiger partial charge on any atom is 0.226 e. The first kappa shape index (κ1) is 22.4. The summed E-state index contributed by atoms with van der Waals surface area (Å²) in [5, 5.41) is 25.7. The standard InChI is InChI=1S/C25H27N5O5/c1-23(2)34-19-17(12-32-22(31)24(10-11-24)15-6-4-3-5-7-15)33-25(13-26,20(19)35-23)18-9-8-16-21(27)28-14-29-30(16)18/h3-9,14,17,19-20,22,31H,10-12H2,1-2H3,(H2,27,28,29)/t17-,19-,20-,22?,25+/m1/s1. The van der Waals surface area contributed by atoms with E-state index in [4.69, 9.17) is 24.7 Å². The first-order valence-corrected chi connectivity index (χ1v) is 11.7. The molecule has 2 aliphatic heterocycles. The van der Waals surface area contributed by atoms with Gasteiger partial charge < -0.3 is 29.8 Å². The lowest BCUT2D eigenvalue weighted by atomic mass is 9.92. The molecular weight excluding hydrogens is 450 g/mol. The van der Waals surface area contributed by atoms with Gasteiger partial charge in [0.2, 0.25) is 5.60 Å². The Kier molecular flexibility index (Phi) is 4.94. The largest absolute Gasteiger partial charge is 0.382 e. The lowest BCUT2D eigenvalue weighted by Crippen LogP contribution is -2.40. The third kappa shape index (κ3) is 3.35. The summed E-state index contributed by atoms with van der Waals surface area (Å²) in [5.74, 6) is -0.641.